The zero-order valence-electron chi connectivity index (χ0n) is 18.1. The molecule has 168 valence electrons. The van der Waals surface area contributed by atoms with Gasteiger partial charge >= 0.3 is 15.6 Å². The summed E-state index contributed by atoms with van der Waals surface area (Å²) in [6, 6.07) is 0. The number of hydrogen-bond donors (Lipinski definition) is 3. The van der Waals surface area contributed by atoms with Crippen molar-refractivity contribution in [1.82, 2.24) is 0 Å². The molecule has 0 bridgehead atoms. The predicted molar refractivity (Wildman–Crippen MR) is 117 cm³/mol. The molecular formula is C20H36O7P2. The summed E-state index contributed by atoms with van der Waals surface area (Å²) in [7, 11) is -9.85. The molecule has 0 heterocycles. The average molecular weight is 452 g/mol. The highest BCUT2D eigenvalue weighted by atomic mass is 31.3. The van der Waals surface area contributed by atoms with E-state index in [9.17, 15) is 14.0 Å². The van der Waals surface area contributed by atoms with E-state index < -0.39 is 15.6 Å². The molecule has 0 amide bonds. The first-order valence-corrected chi connectivity index (χ1v) is 12.7. The topological polar surface area (TPSA) is 113 Å². The summed E-state index contributed by atoms with van der Waals surface area (Å²) in [5, 5.41) is 0. The fourth-order valence-electron chi connectivity index (χ4n) is 2.42. The van der Waals surface area contributed by atoms with Crippen molar-refractivity contribution in [2.45, 2.75) is 73.1 Å². The second-order valence-electron chi connectivity index (χ2n) is 7.39. The standard InChI is InChI=1S/C20H36O7P2/c1-17(2)9-6-10-18(3)11-7-12-19(4)13-8-14-20(5)15-16-26-29(24,25)27-28(21,22)23/h9,11,13,15H,6-8,10,12,14,16H2,1-5H3,(H,24,25)(H2,21,22,23)/b18-11+,19-13+,20-15+/i13+1,20+1. The van der Waals surface area contributed by atoms with Gasteiger partial charge in [-0.05, 0) is 73.1 Å². The van der Waals surface area contributed by atoms with E-state index >= 15 is 0 Å². The van der Waals surface area contributed by atoms with Crippen LogP contribution in [0.2, 0.25) is 0 Å². The minimum Gasteiger partial charge on any atom is -0.302 e. The molecule has 7 nitrogen and oxygen atoms in total. The van der Waals surface area contributed by atoms with Crippen LogP contribution < -0.4 is 0 Å². The minimum absolute atomic E-state index is 0.265. The van der Waals surface area contributed by atoms with Crippen molar-refractivity contribution in [2.24, 2.45) is 0 Å². The molecule has 0 spiro atoms. The first-order chi connectivity index (χ1) is 13.3. The molecule has 1 unspecified atom stereocenters. The maximum absolute atomic E-state index is 11.3. The number of hydrogen-bond acceptors (Lipinski definition) is 4. The Balaban J connectivity index is 4.20. The maximum Gasteiger partial charge on any atom is 0.481 e. The molecule has 29 heavy (non-hydrogen) atoms. The predicted octanol–water partition coefficient (Wildman–Crippen LogP) is 6.36. The SMILES string of the molecule is CC(C)=CCC/C(C)=C/CC/C(C)=[13CH]/CC/[13C](C)=C/COP(=O)(O)OP(=O)(O)O. The van der Waals surface area contributed by atoms with Crippen LogP contribution in [-0.2, 0) is 18.0 Å². The molecule has 0 aromatic rings. The Labute approximate surface area is 175 Å². The molecule has 0 aliphatic heterocycles. The Kier molecular flexibility index (Phi) is 13.9. The molecule has 9 heteroatoms. The van der Waals surface area contributed by atoms with Crippen LogP contribution in [0.3, 0.4) is 0 Å². The van der Waals surface area contributed by atoms with Crippen LogP contribution in [0, 0.1) is 0 Å². The molecule has 0 saturated carbocycles. The highest BCUT2D eigenvalue weighted by Crippen LogP contribution is 2.57. The van der Waals surface area contributed by atoms with Gasteiger partial charge in [0.1, 0.15) is 0 Å². The largest absolute Gasteiger partial charge is 0.481 e. The van der Waals surface area contributed by atoms with E-state index in [0.29, 0.717) is 0 Å². The van der Waals surface area contributed by atoms with E-state index in [1.807, 2.05) is 6.92 Å². The summed E-state index contributed by atoms with van der Waals surface area (Å²) in [6.45, 7) is 10.1. The molecule has 0 rings (SSSR count). The second kappa shape index (κ2) is 14.3. The highest BCUT2D eigenvalue weighted by Gasteiger charge is 2.31. The highest BCUT2D eigenvalue weighted by molar-refractivity contribution is 7.60. The van der Waals surface area contributed by atoms with Gasteiger partial charge < -0.3 is 14.7 Å². The van der Waals surface area contributed by atoms with Crippen molar-refractivity contribution in [2.75, 3.05) is 6.61 Å². The summed E-state index contributed by atoms with van der Waals surface area (Å²) in [6.07, 6.45) is 14.1. The molecule has 0 aromatic heterocycles. The Morgan fingerprint density at radius 3 is 1.55 bits per heavy atom. The monoisotopic (exact) mass is 452 g/mol. The number of allylic oxidation sites excluding steroid dienone is 7. The first kappa shape index (κ1) is 28.2. The van der Waals surface area contributed by atoms with Crippen LogP contribution >= 0.6 is 15.6 Å². The molecule has 3 N–H and O–H groups in total. The molecule has 1 atom stereocenters. The van der Waals surface area contributed by atoms with Crippen molar-refractivity contribution in [3.05, 3.63) is 46.6 Å². The van der Waals surface area contributed by atoms with Crippen molar-refractivity contribution in [1.29, 1.82) is 0 Å². The Bertz CT molecular complexity index is 710. The van der Waals surface area contributed by atoms with Gasteiger partial charge in [-0.3, -0.25) is 4.52 Å². The Hall–Kier alpha value is -0.780. The van der Waals surface area contributed by atoms with E-state index in [4.69, 9.17) is 9.79 Å². The van der Waals surface area contributed by atoms with E-state index in [2.05, 4.69) is 54.8 Å². The van der Waals surface area contributed by atoms with Gasteiger partial charge in [0, 0.05) is 0 Å². The molecule has 0 aromatic carbocycles. The Morgan fingerprint density at radius 2 is 1.14 bits per heavy atom. The third-order valence-electron chi connectivity index (χ3n) is 4.03. The lowest BCUT2D eigenvalue weighted by Gasteiger charge is -2.11. The fraction of sp³-hybridized carbons (Fsp3) is 0.600. The van der Waals surface area contributed by atoms with E-state index in [-0.39, 0.29) is 6.61 Å². The van der Waals surface area contributed by atoms with E-state index in [1.165, 1.54) is 16.7 Å². The summed E-state index contributed by atoms with van der Waals surface area (Å²) in [4.78, 5) is 26.2. The smallest absolute Gasteiger partial charge is 0.302 e. The molecule has 0 saturated heterocycles. The normalized spacial score (nSPS) is 15.9. The second-order valence-corrected chi connectivity index (χ2v) is 10.2. The van der Waals surface area contributed by atoms with Crippen LogP contribution in [0.15, 0.2) is 46.6 Å². The number of phosphoric acid groups is 2. The van der Waals surface area contributed by atoms with Gasteiger partial charge in [-0.2, -0.15) is 4.31 Å². The van der Waals surface area contributed by atoms with Crippen molar-refractivity contribution >= 4 is 15.6 Å². The molecule has 0 aliphatic rings. The first-order valence-electron chi connectivity index (χ1n) is 9.65. The van der Waals surface area contributed by atoms with Gasteiger partial charge in [-0.1, -0.05) is 46.6 Å². The van der Waals surface area contributed by atoms with Gasteiger partial charge in [0.15, 0.2) is 0 Å². The van der Waals surface area contributed by atoms with E-state index in [0.717, 1.165) is 44.1 Å². The zero-order chi connectivity index (χ0) is 22.5. The summed E-state index contributed by atoms with van der Waals surface area (Å²) >= 11 is 0. The van der Waals surface area contributed by atoms with Gasteiger partial charge in [-0.25, -0.2) is 9.13 Å². The molecule has 0 radical (unpaired) electrons. The van der Waals surface area contributed by atoms with Gasteiger partial charge in [0.25, 0.3) is 0 Å². The zero-order valence-corrected chi connectivity index (χ0v) is 19.9. The van der Waals surface area contributed by atoms with Gasteiger partial charge in [0.2, 0.25) is 0 Å². The summed E-state index contributed by atoms with van der Waals surface area (Å²) in [5.74, 6) is 0. The van der Waals surface area contributed by atoms with Crippen molar-refractivity contribution in [3.63, 3.8) is 0 Å². The minimum atomic E-state index is -5.08. The van der Waals surface area contributed by atoms with Crippen LogP contribution in [-0.4, -0.2) is 21.3 Å². The number of phosphoric ester groups is 1. The van der Waals surface area contributed by atoms with Gasteiger partial charge in [-0.15, -0.1) is 0 Å². The lowest BCUT2D eigenvalue weighted by Crippen LogP contribution is -1.94. The third-order valence-corrected chi connectivity index (χ3v) is 6.18. The van der Waals surface area contributed by atoms with Crippen molar-refractivity contribution in [3.8, 4) is 0 Å². The molecule has 0 fully saturated rings. The Morgan fingerprint density at radius 1 is 0.724 bits per heavy atom. The maximum atomic E-state index is 11.3. The van der Waals surface area contributed by atoms with Crippen LogP contribution in [0.25, 0.3) is 0 Å². The van der Waals surface area contributed by atoms with E-state index in [1.54, 1.807) is 6.08 Å². The van der Waals surface area contributed by atoms with Gasteiger partial charge in [0.05, 0.1) is 6.61 Å². The number of rotatable bonds is 14. The lowest BCUT2D eigenvalue weighted by molar-refractivity contribution is 0.191. The van der Waals surface area contributed by atoms with Crippen LogP contribution in [0.1, 0.15) is 73.1 Å². The average Bonchev–Trinajstić information content (AvgIpc) is 2.51. The summed E-state index contributed by atoms with van der Waals surface area (Å²) in [5.41, 5.74) is 5.03. The lowest BCUT2D eigenvalue weighted by atomic mass is 10.1. The van der Waals surface area contributed by atoms with Crippen molar-refractivity contribution < 1.29 is 32.6 Å². The summed E-state index contributed by atoms with van der Waals surface area (Å²) < 4.78 is 30.1. The quantitative estimate of drug-likeness (QED) is 0.160. The van der Waals surface area contributed by atoms with Crippen LogP contribution in [0.5, 0.6) is 0 Å². The molecule has 0 aliphatic carbocycles. The van der Waals surface area contributed by atoms with Crippen LogP contribution in [0.4, 0.5) is 0 Å². The molecular weight excluding hydrogens is 416 g/mol. The fourth-order valence-corrected chi connectivity index (χ4v) is 3.95. The third kappa shape index (κ3) is 19.0.